The molecule has 786 valence electrons. The highest BCUT2D eigenvalue weighted by atomic mass is 16.8. The highest BCUT2D eigenvalue weighted by molar-refractivity contribution is 5.78. The minimum absolute atomic E-state index is 0.155. The number of amides is 4. The molecule has 27 N–H and O–H groups in total. The van der Waals surface area contributed by atoms with Crippen LogP contribution >= 0.6 is 0 Å². The molecule has 0 radical (unpaired) electrons. The monoisotopic (exact) mass is 1960 g/mol. The Labute approximate surface area is 786 Å². The van der Waals surface area contributed by atoms with Gasteiger partial charge in [0.15, 0.2) is 37.7 Å². The average molecular weight is 1960 g/mol. The van der Waals surface area contributed by atoms with E-state index in [-0.39, 0.29) is 12.3 Å². The first kappa shape index (κ1) is 118. The van der Waals surface area contributed by atoms with Gasteiger partial charge in [0.1, 0.15) is 171 Å². The second-order valence-corrected chi connectivity index (χ2v) is 36.4. The molecule has 0 spiro atoms. The van der Waals surface area contributed by atoms with Crippen molar-refractivity contribution >= 4 is 29.6 Å². The molecule has 46 nitrogen and oxygen atoms in total. The van der Waals surface area contributed by atoms with E-state index in [1.807, 2.05) is 6.08 Å². The zero-order chi connectivity index (χ0) is 99.2. The van der Waals surface area contributed by atoms with E-state index in [1.165, 1.54) is 122 Å². The fourth-order valence-electron chi connectivity index (χ4n) is 18.0. The number of rotatable bonds is 62. The van der Waals surface area contributed by atoms with Gasteiger partial charge in [0.25, 0.3) is 5.79 Å². The van der Waals surface area contributed by atoms with E-state index in [0.29, 0.717) is 12.8 Å². The van der Waals surface area contributed by atoms with Crippen LogP contribution in [0, 0.1) is 0 Å². The number of aliphatic hydroxyl groups excluding tert-OH is 22. The highest BCUT2D eigenvalue weighted by Gasteiger charge is 2.63. The lowest BCUT2D eigenvalue weighted by Gasteiger charge is -2.51. The number of hydrogen-bond acceptors (Lipinski definition) is 41. The molecular formula is C89H158N4O42. The number of aliphatic carboxylic acids is 1. The van der Waals surface area contributed by atoms with Gasteiger partial charge in [-0.2, -0.15) is 0 Å². The van der Waals surface area contributed by atoms with Crippen molar-refractivity contribution in [2.75, 3.05) is 59.5 Å². The Kier molecular flexibility index (Phi) is 53.1. The van der Waals surface area contributed by atoms with Crippen LogP contribution in [0.1, 0.15) is 227 Å². The average Bonchev–Trinajstić information content (AvgIpc) is 0.742. The number of carboxylic acids is 1. The molecular weight excluding hydrogens is 1800 g/mol. The summed E-state index contributed by atoms with van der Waals surface area (Å²) in [6.45, 7) is -3.32. The summed E-state index contributed by atoms with van der Waals surface area (Å²) in [4.78, 5) is 65.4. The SMILES string of the molecule is CCCCCCCCCCCCC/C=C/[C@@H](O)[C@H](CO[C@@H]1OC(CO)[C@@H](O[C@@H]2OC(CO)[C@H](O[C@@H]3OC(CO)[C@H](O)[C@H](O[C@@H]4OC(CO)[C@H](O)[C@H](O[C@@H]5OC(CO)[C@@H](O[C@@H]6OC(CO)[C@H](O)[C@H](O[C@]7(C(=O)O)CC(O)[C@@H](NC(=O)CO)C([C@H](O)[C@H](O)CO)O7)C6O)[C@H](O)C5NC(C)=O)C4O)C3NC(C)=O)[C@H](O)C2O)[C@H](O)C1O)NC(=O)CCCCCCCCCCCCCCCCCCC. The Morgan fingerprint density at radius 3 is 1.22 bits per heavy atom. The zero-order valence-corrected chi connectivity index (χ0v) is 77.8. The smallest absolute Gasteiger partial charge is 0.364 e. The number of unbranched alkanes of at least 4 members (excludes halogenated alkanes) is 27. The van der Waals surface area contributed by atoms with Crippen LogP contribution in [0.25, 0.3) is 0 Å². The van der Waals surface area contributed by atoms with Gasteiger partial charge in [0, 0.05) is 26.7 Å². The fraction of sp³-hybridized carbons (Fsp3) is 0.921. The van der Waals surface area contributed by atoms with Crippen LogP contribution in [0.3, 0.4) is 0 Å². The van der Waals surface area contributed by atoms with Gasteiger partial charge in [-0.05, 0) is 19.3 Å². The number of hydrogen-bond donors (Lipinski definition) is 27. The quantitative estimate of drug-likeness (QED) is 0.0200. The van der Waals surface area contributed by atoms with Crippen LogP contribution in [-0.2, 0) is 90.3 Å². The molecule has 135 heavy (non-hydrogen) atoms. The summed E-state index contributed by atoms with van der Waals surface area (Å²) < 4.78 is 83.0. The second kappa shape index (κ2) is 60.9. The molecule has 7 heterocycles. The Bertz CT molecular complexity index is 3360. The maximum atomic E-state index is 13.6. The first-order valence-electron chi connectivity index (χ1n) is 48.3. The van der Waals surface area contributed by atoms with Gasteiger partial charge in [-0.15, -0.1) is 0 Å². The lowest BCUT2D eigenvalue weighted by atomic mass is 9.88. The van der Waals surface area contributed by atoms with E-state index in [0.717, 1.165) is 65.2 Å². The molecule has 0 aromatic heterocycles. The molecule has 7 fully saturated rings. The summed E-state index contributed by atoms with van der Waals surface area (Å²) in [5.74, 6) is -8.95. The van der Waals surface area contributed by atoms with Crippen molar-refractivity contribution in [3.05, 3.63) is 12.2 Å². The van der Waals surface area contributed by atoms with Gasteiger partial charge in [-0.25, -0.2) is 4.79 Å². The number of aliphatic hydroxyl groups is 22. The number of carboxylic acid groups (broad SMARTS) is 1. The molecule has 38 atom stereocenters. The Morgan fingerprint density at radius 2 is 0.763 bits per heavy atom. The van der Waals surface area contributed by atoms with Crippen LogP contribution in [-0.4, -0.2) is 439 Å². The van der Waals surface area contributed by atoms with Crippen molar-refractivity contribution < 1.29 is 208 Å². The minimum atomic E-state index is -3.31. The van der Waals surface area contributed by atoms with Crippen LogP contribution in [0.5, 0.6) is 0 Å². The first-order chi connectivity index (χ1) is 64.7. The van der Waals surface area contributed by atoms with E-state index in [4.69, 9.17) is 66.3 Å². The van der Waals surface area contributed by atoms with Crippen LogP contribution in [0.15, 0.2) is 12.2 Å². The molecule has 0 aliphatic carbocycles. The van der Waals surface area contributed by atoms with Gasteiger partial charge < -0.3 is 205 Å². The van der Waals surface area contributed by atoms with Crippen LogP contribution < -0.4 is 21.3 Å². The summed E-state index contributed by atoms with van der Waals surface area (Å²) in [7, 11) is 0. The molecule has 7 rings (SSSR count). The van der Waals surface area contributed by atoms with E-state index < -0.39 is 322 Å². The molecule has 0 aromatic rings. The minimum Gasteiger partial charge on any atom is -0.477 e. The van der Waals surface area contributed by atoms with Gasteiger partial charge in [-0.1, -0.05) is 193 Å². The molecule has 0 bridgehead atoms. The third kappa shape index (κ3) is 34.4. The molecule has 0 aromatic carbocycles. The van der Waals surface area contributed by atoms with E-state index >= 15 is 0 Å². The summed E-state index contributed by atoms with van der Waals surface area (Å²) in [6, 6.07) is -6.86. The number of ether oxygens (including phenoxy) is 14. The standard InChI is InChI=1S/C89H158N4O42/c1-5-7-9-11-13-15-17-19-20-21-22-24-26-28-30-32-34-36-59(107)92-49(50(104)35-33-31-29-27-25-23-18-16-14-12-10-8-6-2)46-122-84-71(116)69(114)77(57(43-99)127-84)131-85-72(117)70(115)76(58(44-100)128-85)129-83-63(91-48(4)103)78(65(110)53(39-95)123-83)132-86-73(118)80(66(111)54(40-96)124-86)133-82-62(90-47(3)102)68(113)75(56(42-98)126-82)130-87-74(119)81(67(112)55(41-97)125-87)135-89(88(120)121)37-51(105)61(93-60(108)45-101)79(134-89)64(109)52(106)38-94/h33,35,49-58,61-87,94-101,104-106,109-119H,5-32,34,36-46H2,1-4H3,(H,90,102)(H,91,103)(H,92,107)(H,93,108)(H,120,121)/b35-33+/t49-,50+,51?,52+,53?,54?,55?,56?,57?,58?,61+,62?,63?,64+,65-,66-,67-,68+,69+,70+,71?,72?,73?,74?,75+,76-,77+,78+,79?,80-,81-,82-,83-,84+,85-,86-,87-,89-/m0/s1. The topological polar surface area (TPSA) is 728 Å². The summed E-state index contributed by atoms with van der Waals surface area (Å²) >= 11 is 0. The first-order valence-corrected chi connectivity index (χ1v) is 48.3. The predicted octanol–water partition coefficient (Wildman–Crippen LogP) is -5.50. The van der Waals surface area contributed by atoms with Gasteiger partial charge in [-0.3, -0.25) is 19.2 Å². The van der Waals surface area contributed by atoms with Crippen molar-refractivity contribution in [1.29, 1.82) is 0 Å². The second-order valence-electron chi connectivity index (χ2n) is 36.4. The molecule has 7 saturated heterocycles. The van der Waals surface area contributed by atoms with E-state index in [9.17, 15) is 141 Å². The van der Waals surface area contributed by atoms with Crippen molar-refractivity contribution in [3.63, 3.8) is 0 Å². The van der Waals surface area contributed by atoms with Crippen molar-refractivity contribution in [1.82, 2.24) is 21.3 Å². The maximum Gasteiger partial charge on any atom is 0.364 e. The lowest BCUT2D eigenvalue weighted by Crippen LogP contribution is -2.71. The molecule has 14 unspecified atom stereocenters. The third-order valence-corrected chi connectivity index (χ3v) is 25.8. The molecule has 4 amide bonds. The van der Waals surface area contributed by atoms with E-state index in [2.05, 4.69) is 35.1 Å². The predicted molar refractivity (Wildman–Crippen MR) is 466 cm³/mol. The van der Waals surface area contributed by atoms with E-state index in [1.54, 1.807) is 6.08 Å². The highest BCUT2D eigenvalue weighted by Crippen LogP contribution is 2.42. The number of carbonyl (C=O) groups is 5. The fourth-order valence-corrected chi connectivity index (χ4v) is 18.0. The van der Waals surface area contributed by atoms with Crippen LogP contribution in [0.2, 0.25) is 0 Å². The van der Waals surface area contributed by atoms with Crippen molar-refractivity contribution in [3.8, 4) is 0 Å². The zero-order valence-electron chi connectivity index (χ0n) is 77.8. The van der Waals surface area contributed by atoms with Crippen molar-refractivity contribution in [2.45, 2.75) is 459 Å². The summed E-state index contributed by atoms with van der Waals surface area (Å²) in [6.07, 6.45) is -33.4. The largest absolute Gasteiger partial charge is 0.477 e. The molecule has 46 heteroatoms. The van der Waals surface area contributed by atoms with Crippen LogP contribution in [0.4, 0.5) is 0 Å². The van der Waals surface area contributed by atoms with Gasteiger partial charge in [0.05, 0.1) is 77.1 Å². The number of nitrogens with one attached hydrogen (secondary N) is 4. The van der Waals surface area contributed by atoms with Crippen molar-refractivity contribution in [2.24, 2.45) is 0 Å². The normalized spacial score (nSPS) is 36.7. The Hall–Kier alpha value is -4.35. The lowest BCUT2D eigenvalue weighted by molar-refractivity contribution is -0.391. The Morgan fingerprint density at radius 1 is 0.393 bits per heavy atom. The van der Waals surface area contributed by atoms with Gasteiger partial charge in [0.2, 0.25) is 23.6 Å². The molecule has 7 aliphatic heterocycles. The molecule has 7 aliphatic rings. The Balaban J connectivity index is 1.00. The maximum absolute atomic E-state index is 13.6. The third-order valence-electron chi connectivity index (χ3n) is 25.8. The molecule has 0 saturated carbocycles. The number of allylic oxidation sites excluding steroid dienone is 1. The van der Waals surface area contributed by atoms with Gasteiger partial charge >= 0.3 is 5.97 Å². The number of carbonyl (C=O) groups excluding carboxylic acids is 4. The summed E-state index contributed by atoms with van der Waals surface area (Å²) in [5.41, 5.74) is 0. The summed E-state index contributed by atoms with van der Waals surface area (Å²) in [5, 5.41) is 267.